The van der Waals surface area contributed by atoms with Crippen LogP contribution in [-0.2, 0) is 0 Å². The molecule has 1 heterocycles. The van der Waals surface area contributed by atoms with E-state index in [0.29, 0.717) is 5.82 Å². The molecule has 1 aliphatic carbocycles. The Hall–Kier alpha value is -1.16. The lowest BCUT2D eigenvalue weighted by Crippen LogP contribution is -2.30. The fourth-order valence-corrected chi connectivity index (χ4v) is 2.91. The highest BCUT2D eigenvalue weighted by atomic mass is 16.1. The molecule has 100 valence electrons. The topological polar surface area (TPSA) is 57.8 Å². The Morgan fingerprint density at radius 2 is 2.06 bits per heavy atom. The summed E-state index contributed by atoms with van der Waals surface area (Å²) in [6, 6.07) is 0.0717. The SMILES string of the molecule is Cc1nc(C)c(C(C)NCC2CCCC2)c(=O)[nH]1. The van der Waals surface area contributed by atoms with E-state index in [1.165, 1.54) is 25.7 Å². The maximum atomic E-state index is 12.0. The number of aromatic amines is 1. The van der Waals surface area contributed by atoms with Crippen molar-refractivity contribution >= 4 is 0 Å². The summed E-state index contributed by atoms with van der Waals surface area (Å²) >= 11 is 0. The van der Waals surface area contributed by atoms with Crippen molar-refractivity contribution in [3.8, 4) is 0 Å². The van der Waals surface area contributed by atoms with Crippen LogP contribution in [0.3, 0.4) is 0 Å². The lowest BCUT2D eigenvalue weighted by Gasteiger charge is -2.18. The van der Waals surface area contributed by atoms with Gasteiger partial charge in [0.25, 0.3) is 5.56 Å². The molecule has 1 fully saturated rings. The molecule has 2 N–H and O–H groups in total. The Labute approximate surface area is 108 Å². The maximum Gasteiger partial charge on any atom is 0.255 e. The predicted molar refractivity (Wildman–Crippen MR) is 72.7 cm³/mol. The molecule has 1 atom stereocenters. The standard InChI is InChI=1S/C14H23N3O/c1-9(15-8-12-6-4-5-7-12)13-10(2)16-11(3)17-14(13)18/h9,12,15H,4-8H2,1-3H3,(H,16,17,18). The smallest absolute Gasteiger partial charge is 0.255 e. The summed E-state index contributed by atoms with van der Waals surface area (Å²) in [5, 5.41) is 3.48. The Balaban J connectivity index is 2.04. The number of hydrogen-bond acceptors (Lipinski definition) is 3. The molecule has 1 unspecified atom stereocenters. The minimum atomic E-state index is -0.00794. The summed E-state index contributed by atoms with van der Waals surface area (Å²) in [7, 11) is 0. The molecule has 1 saturated carbocycles. The van der Waals surface area contributed by atoms with E-state index < -0.39 is 0 Å². The second-order valence-corrected chi connectivity index (χ2v) is 5.43. The summed E-state index contributed by atoms with van der Waals surface area (Å²) in [4.78, 5) is 19.1. The third-order valence-electron chi connectivity index (χ3n) is 3.88. The second kappa shape index (κ2) is 5.65. The molecule has 0 amide bonds. The summed E-state index contributed by atoms with van der Waals surface area (Å²) in [6.07, 6.45) is 5.35. The average Bonchev–Trinajstić information content (AvgIpc) is 2.77. The fraction of sp³-hybridized carbons (Fsp3) is 0.714. The molecular weight excluding hydrogens is 226 g/mol. The summed E-state index contributed by atoms with van der Waals surface area (Å²) in [5.41, 5.74) is 1.60. The van der Waals surface area contributed by atoms with E-state index in [4.69, 9.17) is 0 Å². The highest BCUT2D eigenvalue weighted by Crippen LogP contribution is 2.24. The number of aryl methyl sites for hydroxylation is 2. The molecule has 4 heteroatoms. The van der Waals surface area contributed by atoms with Crippen molar-refractivity contribution in [2.75, 3.05) is 6.54 Å². The lowest BCUT2D eigenvalue weighted by atomic mass is 10.1. The zero-order valence-corrected chi connectivity index (χ0v) is 11.5. The molecule has 0 aliphatic heterocycles. The third kappa shape index (κ3) is 2.99. The van der Waals surface area contributed by atoms with Crippen molar-refractivity contribution in [2.45, 2.75) is 52.5 Å². The number of nitrogens with one attached hydrogen (secondary N) is 2. The molecule has 18 heavy (non-hydrogen) atoms. The van der Waals surface area contributed by atoms with Gasteiger partial charge in [-0.15, -0.1) is 0 Å². The van der Waals surface area contributed by atoms with Crippen LogP contribution < -0.4 is 10.9 Å². The molecular formula is C14H23N3O. The third-order valence-corrected chi connectivity index (χ3v) is 3.88. The average molecular weight is 249 g/mol. The van der Waals surface area contributed by atoms with E-state index in [1.807, 2.05) is 20.8 Å². The van der Waals surface area contributed by atoms with Gasteiger partial charge in [-0.05, 0) is 46.1 Å². The van der Waals surface area contributed by atoms with Crippen LogP contribution >= 0.6 is 0 Å². The van der Waals surface area contributed by atoms with Crippen molar-refractivity contribution in [1.29, 1.82) is 0 Å². The van der Waals surface area contributed by atoms with Crippen LogP contribution in [0.2, 0.25) is 0 Å². The van der Waals surface area contributed by atoms with Gasteiger partial charge in [-0.1, -0.05) is 12.8 Å². The van der Waals surface area contributed by atoms with Gasteiger partial charge in [-0.25, -0.2) is 4.98 Å². The van der Waals surface area contributed by atoms with Crippen LogP contribution in [0.5, 0.6) is 0 Å². The molecule has 0 spiro atoms. The largest absolute Gasteiger partial charge is 0.310 e. The zero-order valence-electron chi connectivity index (χ0n) is 11.5. The lowest BCUT2D eigenvalue weighted by molar-refractivity contribution is 0.449. The first-order valence-electron chi connectivity index (χ1n) is 6.88. The molecule has 4 nitrogen and oxygen atoms in total. The molecule has 0 saturated heterocycles. The molecule has 0 bridgehead atoms. The first kappa shape index (κ1) is 13.3. The van der Waals surface area contributed by atoms with Crippen LogP contribution in [0.15, 0.2) is 4.79 Å². The van der Waals surface area contributed by atoms with Crippen LogP contribution in [0.4, 0.5) is 0 Å². The first-order valence-corrected chi connectivity index (χ1v) is 6.88. The Bertz CT molecular complexity index is 461. The number of H-pyrrole nitrogens is 1. The van der Waals surface area contributed by atoms with Crippen molar-refractivity contribution in [2.24, 2.45) is 5.92 Å². The van der Waals surface area contributed by atoms with E-state index >= 15 is 0 Å². The summed E-state index contributed by atoms with van der Waals surface area (Å²) in [6.45, 7) is 6.78. The van der Waals surface area contributed by atoms with Gasteiger partial charge in [0.05, 0.1) is 5.56 Å². The van der Waals surface area contributed by atoms with Gasteiger partial charge in [0.2, 0.25) is 0 Å². The minimum Gasteiger partial charge on any atom is -0.310 e. The van der Waals surface area contributed by atoms with Gasteiger partial charge in [-0.3, -0.25) is 4.79 Å². The summed E-state index contributed by atoms with van der Waals surface area (Å²) < 4.78 is 0. The van der Waals surface area contributed by atoms with E-state index in [9.17, 15) is 4.79 Å². The van der Waals surface area contributed by atoms with Gasteiger partial charge in [-0.2, -0.15) is 0 Å². The highest BCUT2D eigenvalue weighted by molar-refractivity contribution is 5.19. The maximum absolute atomic E-state index is 12.0. The normalized spacial score (nSPS) is 18.2. The molecule has 1 aromatic heterocycles. The van der Waals surface area contributed by atoms with Crippen LogP contribution in [-0.4, -0.2) is 16.5 Å². The molecule has 0 aromatic carbocycles. The van der Waals surface area contributed by atoms with E-state index in [0.717, 1.165) is 23.7 Å². The Morgan fingerprint density at radius 3 is 2.67 bits per heavy atom. The Morgan fingerprint density at radius 1 is 1.39 bits per heavy atom. The fourth-order valence-electron chi connectivity index (χ4n) is 2.91. The van der Waals surface area contributed by atoms with Crippen LogP contribution in [0.1, 0.15) is 55.7 Å². The quantitative estimate of drug-likeness (QED) is 0.860. The van der Waals surface area contributed by atoms with Gasteiger partial charge in [0.15, 0.2) is 0 Å². The zero-order chi connectivity index (χ0) is 13.1. The molecule has 0 radical (unpaired) electrons. The molecule has 2 rings (SSSR count). The molecule has 1 aliphatic rings. The Kier molecular flexibility index (Phi) is 4.17. The number of rotatable bonds is 4. The van der Waals surface area contributed by atoms with E-state index in [2.05, 4.69) is 15.3 Å². The second-order valence-electron chi connectivity index (χ2n) is 5.43. The molecule has 1 aromatic rings. The number of nitrogens with zero attached hydrogens (tertiary/aromatic N) is 1. The minimum absolute atomic E-state index is 0.00794. The van der Waals surface area contributed by atoms with E-state index in [-0.39, 0.29) is 11.6 Å². The number of aromatic nitrogens is 2. The van der Waals surface area contributed by atoms with Crippen molar-refractivity contribution in [3.05, 3.63) is 27.4 Å². The van der Waals surface area contributed by atoms with Crippen molar-refractivity contribution < 1.29 is 0 Å². The van der Waals surface area contributed by atoms with Gasteiger partial charge in [0, 0.05) is 11.7 Å². The highest BCUT2D eigenvalue weighted by Gasteiger charge is 2.18. The van der Waals surface area contributed by atoms with Gasteiger partial charge >= 0.3 is 0 Å². The van der Waals surface area contributed by atoms with E-state index in [1.54, 1.807) is 0 Å². The van der Waals surface area contributed by atoms with Crippen molar-refractivity contribution in [3.63, 3.8) is 0 Å². The summed E-state index contributed by atoms with van der Waals surface area (Å²) in [5.74, 6) is 1.47. The van der Waals surface area contributed by atoms with Gasteiger partial charge < -0.3 is 10.3 Å². The number of hydrogen-bond donors (Lipinski definition) is 2. The first-order chi connectivity index (χ1) is 8.58. The van der Waals surface area contributed by atoms with Crippen LogP contribution in [0.25, 0.3) is 0 Å². The monoisotopic (exact) mass is 249 g/mol. The predicted octanol–water partition coefficient (Wildman–Crippen LogP) is 2.23. The van der Waals surface area contributed by atoms with Crippen molar-refractivity contribution in [1.82, 2.24) is 15.3 Å². The van der Waals surface area contributed by atoms with Crippen LogP contribution in [0, 0.1) is 19.8 Å². The van der Waals surface area contributed by atoms with Gasteiger partial charge in [0.1, 0.15) is 5.82 Å².